The van der Waals surface area contributed by atoms with Crippen LogP contribution in [0.5, 0.6) is 0 Å². The van der Waals surface area contributed by atoms with E-state index in [0.717, 1.165) is 5.56 Å². The van der Waals surface area contributed by atoms with Crippen LogP contribution in [0.25, 0.3) is 0 Å². The summed E-state index contributed by atoms with van der Waals surface area (Å²) in [5, 5.41) is 0. The van der Waals surface area contributed by atoms with Crippen LogP contribution in [0.3, 0.4) is 0 Å². The molecule has 0 aliphatic carbocycles. The van der Waals surface area contributed by atoms with Gasteiger partial charge in [0.15, 0.2) is 0 Å². The third-order valence-corrected chi connectivity index (χ3v) is 3.25. The molecule has 1 atom stereocenters. The fraction of sp³-hybridized carbons (Fsp3) is 0.250. The second-order valence-electron chi connectivity index (χ2n) is 4.71. The highest BCUT2D eigenvalue weighted by Crippen LogP contribution is 2.13. The highest BCUT2D eigenvalue weighted by atomic mass is 16.5. The summed E-state index contributed by atoms with van der Waals surface area (Å²) in [6.45, 7) is 1.91. The molecule has 0 spiro atoms. The Balaban J connectivity index is 2.29. The first-order chi connectivity index (χ1) is 10.6. The average Bonchev–Trinajstić information content (AvgIpc) is 2.59. The Kier molecular flexibility index (Phi) is 5.19. The third-order valence-electron chi connectivity index (χ3n) is 3.25. The molecule has 0 fully saturated rings. The standard InChI is InChI=1S/C16H17N3O3/c1-12(16(21)22-2)19(11-13-6-4-3-5-7-13)15(20)14-10-17-8-9-18-14/h3-10,12H,11H2,1-2H3/t12-/m1/s1. The molecule has 0 aliphatic rings. The van der Waals surface area contributed by atoms with Crippen molar-refractivity contribution >= 4 is 11.9 Å². The van der Waals surface area contributed by atoms with E-state index in [9.17, 15) is 9.59 Å². The van der Waals surface area contributed by atoms with E-state index in [1.54, 1.807) is 6.92 Å². The van der Waals surface area contributed by atoms with Gasteiger partial charge in [0.1, 0.15) is 11.7 Å². The Bertz CT molecular complexity index is 632. The maximum atomic E-state index is 12.6. The second-order valence-corrected chi connectivity index (χ2v) is 4.71. The normalized spacial score (nSPS) is 11.5. The summed E-state index contributed by atoms with van der Waals surface area (Å²) in [7, 11) is 1.30. The number of rotatable bonds is 5. The predicted molar refractivity (Wildman–Crippen MR) is 79.8 cm³/mol. The van der Waals surface area contributed by atoms with Crippen LogP contribution in [0.15, 0.2) is 48.9 Å². The minimum Gasteiger partial charge on any atom is -0.467 e. The number of hydrogen-bond acceptors (Lipinski definition) is 5. The molecule has 1 aromatic heterocycles. The largest absolute Gasteiger partial charge is 0.467 e. The van der Waals surface area contributed by atoms with Gasteiger partial charge in [-0.3, -0.25) is 9.78 Å². The van der Waals surface area contributed by atoms with Crippen molar-refractivity contribution in [3.05, 3.63) is 60.2 Å². The summed E-state index contributed by atoms with van der Waals surface area (Å²) >= 11 is 0. The number of hydrogen-bond donors (Lipinski definition) is 0. The second kappa shape index (κ2) is 7.31. The van der Waals surface area contributed by atoms with Crippen molar-refractivity contribution in [2.45, 2.75) is 19.5 Å². The van der Waals surface area contributed by atoms with Crippen LogP contribution in [0.2, 0.25) is 0 Å². The number of aromatic nitrogens is 2. The van der Waals surface area contributed by atoms with E-state index < -0.39 is 12.0 Å². The van der Waals surface area contributed by atoms with Gasteiger partial charge >= 0.3 is 5.97 Å². The number of benzene rings is 1. The van der Waals surface area contributed by atoms with Crippen LogP contribution < -0.4 is 0 Å². The Labute approximate surface area is 128 Å². The van der Waals surface area contributed by atoms with Crippen LogP contribution in [0.4, 0.5) is 0 Å². The number of esters is 1. The molecule has 0 saturated heterocycles. The lowest BCUT2D eigenvalue weighted by molar-refractivity contribution is -0.145. The van der Waals surface area contributed by atoms with Crippen molar-refractivity contribution < 1.29 is 14.3 Å². The molecule has 1 aromatic carbocycles. The van der Waals surface area contributed by atoms with E-state index in [0.29, 0.717) is 0 Å². The van der Waals surface area contributed by atoms with E-state index in [4.69, 9.17) is 4.74 Å². The van der Waals surface area contributed by atoms with E-state index >= 15 is 0 Å². The van der Waals surface area contributed by atoms with E-state index in [-0.39, 0.29) is 18.1 Å². The molecule has 2 rings (SSSR count). The van der Waals surface area contributed by atoms with Gasteiger partial charge in [-0.2, -0.15) is 0 Å². The zero-order chi connectivity index (χ0) is 15.9. The molecule has 22 heavy (non-hydrogen) atoms. The number of methoxy groups -OCH3 is 1. The van der Waals surface area contributed by atoms with Crippen molar-refractivity contribution in [3.8, 4) is 0 Å². The lowest BCUT2D eigenvalue weighted by Gasteiger charge is -2.27. The van der Waals surface area contributed by atoms with Crippen molar-refractivity contribution in [1.29, 1.82) is 0 Å². The maximum Gasteiger partial charge on any atom is 0.328 e. The Morgan fingerprint density at radius 1 is 1.23 bits per heavy atom. The number of carbonyl (C=O) groups is 2. The van der Waals surface area contributed by atoms with Gasteiger partial charge in [-0.1, -0.05) is 30.3 Å². The first kappa shape index (κ1) is 15.6. The maximum absolute atomic E-state index is 12.6. The molecule has 1 heterocycles. The quantitative estimate of drug-likeness (QED) is 0.785. The van der Waals surface area contributed by atoms with Gasteiger partial charge in [0.25, 0.3) is 5.91 Å². The van der Waals surface area contributed by atoms with Crippen molar-refractivity contribution in [1.82, 2.24) is 14.9 Å². The molecule has 1 amide bonds. The highest BCUT2D eigenvalue weighted by Gasteiger charge is 2.28. The smallest absolute Gasteiger partial charge is 0.328 e. The molecule has 0 bridgehead atoms. The Morgan fingerprint density at radius 3 is 2.55 bits per heavy atom. The first-order valence-corrected chi connectivity index (χ1v) is 6.82. The zero-order valence-electron chi connectivity index (χ0n) is 12.5. The monoisotopic (exact) mass is 299 g/mol. The van der Waals surface area contributed by atoms with Crippen molar-refractivity contribution in [2.75, 3.05) is 7.11 Å². The molecule has 6 heteroatoms. The number of ether oxygens (including phenoxy) is 1. The highest BCUT2D eigenvalue weighted by molar-refractivity contribution is 5.94. The van der Waals surface area contributed by atoms with E-state index in [2.05, 4.69) is 9.97 Å². The Hall–Kier alpha value is -2.76. The molecule has 0 unspecified atom stereocenters. The van der Waals surface area contributed by atoms with E-state index in [1.807, 2.05) is 30.3 Å². The molecular formula is C16H17N3O3. The topological polar surface area (TPSA) is 72.4 Å². The molecule has 0 N–H and O–H groups in total. The van der Waals surface area contributed by atoms with Gasteiger partial charge in [0.2, 0.25) is 0 Å². The average molecular weight is 299 g/mol. The predicted octanol–water partition coefficient (Wildman–Crippen LogP) is 1.68. The number of nitrogens with zero attached hydrogens (tertiary/aromatic N) is 3. The van der Waals surface area contributed by atoms with Gasteiger partial charge in [-0.05, 0) is 12.5 Å². The summed E-state index contributed by atoms with van der Waals surface area (Å²) in [5.74, 6) is -0.844. The fourth-order valence-electron chi connectivity index (χ4n) is 2.02. The van der Waals surface area contributed by atoms with E-state index in [1.165, 1.54) is 30.6 Å². The SMILES string of the molecule is COC(=O)[C@@H](C)N(Cc1ccccc1)C(=O)c1cnccn1. The van der Waals surface area contributed by atoms with Gasteiger partial charge in [-0.25, -0.2) is 9.78 Å². The molecule has 114 valence electrons. The van der Waals surface area contributed by atoms with Crippen LogP contribution in [-0.4, -0.2) is 39.9 Å². The Morgan fingerprint density at radius 2 is 1.95 bits per heavy atom. The lowest BCUT2D eigenvalue weighted by atomic mass is 10.1. The number of amides is 1. The third kappa shape index (κ3) is 3.66. The van der Waals surface area contributed by atoms with Crippen LogP contribution in [0, 0.1) is 0 Å². The molecule has 0 saturated carbocycles. The molecular weight excluding hydrogens is 282 g/mol. The summed E-state index contributed by atoms with van der Waals surface area (Å²) in [4.78, 5) is 33.8. The van der Waals surface area contributed by atoms with Gasteiger partial charge in [0, 0.05) is 18.9 Å². The first-order valence-electron chi connectivity index (χ1n) is 6.82. The zero-order valence-corrected chi connectivity index (χ0v) is 12.5. The molecule has 6 nitrogen and oxygen atoms in total. The van der Waals surface area contributed by atoms with Crippen LogP contribution >= 0.6 is 0 Å². The fourth-order valence-corrected chi connectivity index (χ4v) is 2.02. The van der Waals surface area contributed by atoms with Crippen LogP contribution in [0.1, 0.15) is 23.0 Å². The van der Waals surface area contributed by atoms with Crippen molar-refractivity contribution in [2.24, 2.45) is 0 Å². The number of carbonyl (C=O) groups excluding carboxylic acids is 2. The molecule has 0 radical (unpaired) electrons. The van der Waals surface area contributed by atoms with Crippen molar-refractivity contribution in [3.63, 3.8) is 0 Å². The molecule has 0 aliphatic heterocycles. The summed E-state index contributed by atoms with van der Waals surface area (Å²) in [6, 6.07) is 8.70. The summed E-state index contributed by atoms with van der Waals surface area (Å²) in [5.41, 5.74) is 1.10. The van der Waals surface area contributed by atoms with Gasteiger partial charge in [-0.15, -0.1) is 0 Å². The summed E-state index contributed by atoms with van der Waals surface area (Å²) < 4.78 is 4.75. The van der Waals surface area contributed by atoms with Crippen LogP contribution in [-0.2, 0) is 16.1 Å². The van der Waals surface area contributed by atoms with Gasteiger partial charge in [0.05, 0.1) is 13.3 Å². The van der Waals surface area contributed by atoms with Gasteiger partial charge < -0.3 is 9.64 Å². The molecule has 2 aromatic rings. The minimum absolute atomic E-state index is 0.189. The lowest BCUT2D eigenvalue weighted by Crippen LogP contribution is -2.43. The minimum atomic E-state index is -0.722. The summed E-state index contributed by atoms with van der Waals surface area (Å²) in [6.07, 6.45) is 4.31.